The number of benzene rings is 4. The summed E-state index contributed by atoms with van der Waals surface area (Å²) in [7, 11) is 0. The third-order valence-corrected chi connectivity index (χ3v) is 11.2. The van der Waals surface area contributed by atoms with Crippen molar-refractivity contribution >= 4 is 11.4 Å². The van der Waals surface area contributed by atoms with Crippen molar-refractivity contribution in [1.82, 2.24) is 0 Å². The molecule has 0 amide bonds. The van der Waals surface area contributed by atoms with Crippen LogP contribution in [0, 0.1) is 19.1 Å². The number of rotatable bonds is 29. The maximum absolute atomic E-state index is 9.72. The Morgan fingerprint density at radius 2 is 1.05 bits per heavy atom. The Bertz CT molecular complexity index is 1680. The largest absolute Gasteiger partial charge is 2.00 e. The predicted octanol–water partition coefficient (Wildman–Crippen LogP) is 18.1. The number of aryl methyl sites for hydroxylation is 2. The van der Waals surface area contributed by atoms with Crippen LogP contribution in [-0.2, 0) is 22.9 Å². The molecule has 0 heterocycles. The molecule has 0 N–H and O–H groups in total. The van der Waals surface area contributed by atoms with Gasteiger partial charge in [-0.15, -0.1) is 4.79 Å². The second kappa shape index (κ2) is 41.0. The molecule has 0 aliphatic heterocycles. The molecule has 0 aliphatic rings. The van der Waals surface area contributed by atoms with E-state index in [1.54, 1.807) is 0 Å². The van der Waals surface area contributed by atoms with E-state index < -0.39 is 0 Å². The van der Waals surface area contributed by atoms with Gasteiger partial charge in [-0.1, -0.05) is 196 Å². The van der Waals surface area contributed by atoms with E-state index in [-0.39, 0.29) is 16.5 Å². The number of allylic oxidation sites excluding steroid dienone is 4. The van der Waals surface area contributed by atoms with Gasteiger partial charge in [-0.05, 0) is 86.1 Å². The van der Waals surface area contributed by atoms with Gasteiger partial charge >= 0.3 is 22.4 Å². The summed E-state index contributed by atoms with van der Waals surface area (Å²) in [6.07, 6.45) is 36.6. The molecule has 0 fully saturated rings. The van der Waals surface area contributed by atoms with Gasteiger partial charge in [-0.25, -0.2) is 0 Å². The molecule has 0 saturated heterocycles. The van der Waals surface area contributed by atoms with Gasteiger partial charge < -0.3 is 5.53 Å². The molecule has 0 radical (unpaired) electrons. The smallest absolute Gasteiger partial charge is 0.348 e. The van der Waals surface area contributed by atoms with Crippen LogP contribution in [0.2, 0.25) is 0 Å². The van der Waals surface area contributed by atoms with Crippen LogP contribution >= 0.6 is 0 Å². The van der Waals surface area contributed by atoms with Crippen molar-refractivity contribution in [3.05, 3.63) is 172 Å². The molecule has 4 aromatic rings. The van der Waals surface area contributed by atoms with E-state index in [0.717, 1.165) is 44.1 Å². The van der Waals surface area contributed by atoms with E-state index in [1.165, 1.54) is 155 Å². The second-order valence-electron chi connectivity index (χ2n) is 16.5. The van der Waals surface area contributed by atoms with Gasteiger partial charge in [0.25, 0.3) is 0 Å². The van der Waals surface area contributed by atoms with E-state index in [9.17, 15) is 5.53 Å². The minimum Gasteiger partial charge on any atom is -0.348 e. The first-order valence-corrected chi connectivity index (χ1v) is 24.5. The van der Waals surface area contributed by atoms with Crippen molar-refractivity contribution < 1.29 is 21.3 Å². The van der Waals surface area contributed by atoms with Crippen LogP contribution in [0.4, 0.5) is 0 Å². The van der Waals surface area contributed by atoms with Gasteiger partial charge in [0.05, 0.1) is 5.57 Å². The van der Waals surface area contributed by atoms with Gasteiger partial charge in [0.15, 0.2) is 0 Å². The van der Waals surface area contributed by atoms with Crippen molar-refractivity contribution in [3.8, 4) is 0 Å². The van der Waals surface area contributed by atoms with Crippen LogP contribution in [0.5, 0.6) is 0 Å². The molecular weight excluding hydrogens is 795 g/mol. The van der Waals surface area contributed by atoms with E-state index in [4.69, 9.17) is 0 Å². The van der Waals surface area contributed by atoms with Gasteiger partial charge in [-0.2, -0.15) is 72.8 Å². The first-order valence-electron chi connectivity index (χ1n) is 24.5. The number of nitrogens with zero attached hydrogens (tertiary/aromatic N) is 2. The third-order valence-electron chi connectivity index (χ3n) is 11.2. The summed E-state index contributed by atoms with van der Waals surface area (Å²) in [6.45, 7) is 8.98. The molecule has 4 rings (SSSR count). The molecule has 62 heavy (non-hydrogen) atoms. The Kier molecular flexibility index (Phi) is 37.1. The zero-order chi connectivity index (χ0) is 43.7. The molecule has 4 aromatic carbocycles. The fraction of sp³-hybridized carbons (Fsp3) is 0.492. The average Bonchev–Trinajstić information content (AvgIpc) is 3.30. The Morgan fingerprint density at radius 3 is 1.55 bits per heavy atom. The standard InChI is InChI=1S/C47H72N2.2C6H5.Ni/c1-5-8-11-12-13-14-15-16-17-18-19-20-21-22-23-24-25-28-33-42-34-29-30-38-45(42)47(43-36-31-32-41(4)39-43)46(37-27-10-7-3)44(40-49-48)35-26-9-6-2;2*1-2-4-6-5-3-1;/h24-25,29-32,34,36,38-39H,5-23,26-28,33,35,37H2,1-4H3;2*1-5H;/q;2*-1;+2. The fourth-order valence-corrected chi connectivity index (χ4v) is 7.76. The average molecular weight is 878 g/mol. The molecule has 0 spiro atoms. The quantitative estimate of drug-likeness (QED) is 0.00762. The number of hydrogen-bond acceptors (Lipinski definition) is 0. The Hall–Kier alpha value is -3.99. The summed E-state index contributed by atoms with van der Waals surface area (Å²) in [5.41, 5.74) is 18.6. The van der Waals surface area contributed by atoms with Crippen molar-refractivity contribution in [2.45, 2.75) is 188 Å². The molecule has 2 nitrogen and oxygen atoms in total. The third kappa shape index (κ3) is 27.9. The Labute approximate surface area is 391 Å². The van der Waals surface area contributed by atoms with Crippen molar-refractivity contribution in [2.75, 3.05) is 0 Å². The van der Waals surface area contributed by atoms with Gasteiger partial charge in [0.2, 0.25) is 0 Å². The van der Waals surface area contributed by atoms with Gasteiger partial charge in [-0.3, -0.25) is 0 Å². The minimum atomic E-state index is 0. The molecule has 0 atom stereocenters. The van der Waals surface area contributed by atoms with E-state index in [1.807, 2.05) is 60.7 Å². The maximum Gasteiger partial charge on any atom is 2.00 e. The van der Waals surface area contributed by atoms with Gasteiger partial charge in [0.1, 0.15) is 0 Å². The summed E-state index contributed by atoms with van der Waals surface area (Å²) >= 11 is 0. The number of unbranched alkanes of at least 4 members (excludes halogenated alkanes) is 18. The molecule has 3 heteroatoms. The van der Waals surface area contributed by atoms with Crippen LogP contribution < -0.4 is 0 Å². The Morgan fingerprint density at radius 1 is 0.548 bits per heavy atom. The second-order valence-corrected chi connectivity index (χ2v) is 16.5. The molecule has 0 aromatic heterocycles. The summed E-state index contributed by atoms with van der Waals surface area (Å²) in [4.78, 5) is 3.47. The topological polar surface area (TPSA) is 36.4 Å². The zero-order valence-corrected chi connectivity index (χ0v) is 40.4. The number of hydrogen-bond donors (Lipinski definition) is 0. The van der Waals surface area contributed by atoms with E-state index in [0.29, 0.717) is 0 Å². The van der Waals surface area contributed by atoms with Crippen molar-refractivity contribution in [1.29, 1.82) is 0 Å². The molecule has 0 unspecified atom stereocenters. The van der Waals surface area contributed by atoms with Crippen LogP contribution in [0.1, 0.15) is 197 Å². The molecule has 338 valence electrons. The maximum atomic E-state index is 9.72. The molecule has 0 saturated carbocycles. The van der Waals surface area contributed by atoms with Crippen LogP contribution in [-0.4, -0.2) is 10.7 Å². The molecular formula is C59H82N2Ni. The van der Waals surface area contributed by atoms with E-state index in [2.05, 4.69) is 111 Å². The normalized spacial score (nSPS) is 10.9. The summed E-state index contributed by atoms with van der Waals surface area (Å²) in [5.74, 6) is 3.06. The van der Waals surface area contributed by atoms with Crippen LogP contribution in [0.25, 0.3) is 11.1 Å². The van der Waals surface area contributed by atoms with Crippen LogP contribution in [0.3, 0.4) is 0 Å². The summed E-state index contributed by atoms with van der Waals surface area (Å²) in [6, 6.07) is 42.9. The van der Waals surface area contributed by atoms with E-state index >= 15 is 0 Å². The molecule has 0 aliphatic carbocycles. The monoisotopic (exact) mass is 877 g/mol. The van der Waals surface area contributed by atoms with Crippen LogP contribution in [0.15, 0.2) is 132 Å². The van der Waals surface area contributed by atoms with Crippen molar-refractivity contribution in [2.24, 2.45) is 0 Å². The zero-order valence-electron chi connectivity index (χ0n) is 39.4. The summed E-state index contributed by atoms with van der Waals surface area (Å²) in [5, 5.41) is 0. The predicted molar refractivity (Wildman–Crippen MR) is 267 cm³/mol. The van der Waals surface area contributed by atoms with Gasteiger partial charge in [0, 0.05) is 0 Å². The first kappa shape index (κ1) is 56.0. The van der Waals surface area contributed by atoms with Crippen molar-refractivity contribution in [3.63, 3.8) is 0 Å². The Balaban J connectivity index is 0.00000126. The summed E-state index contributed by atoms with van der Waals surface area (Å²) < 4.78 is 0. The first-order chi connectivity index (χ1) is 30.2. The fourth-order valence-electron chi connectivity index (χ4n) is 7.76. The molecule has 0 bridgehead atoms. The SMILES string of the molecule is CCCCCCCCCCCCCCCCC=CCCc1ccccc1C(=C(CCCCC)C(=C=[N+]=[N-])CCCCC)c1cccc(C)c1.[Ni+2].[c-]1ccccc1.[c-]1ccccc1. The minimum absolute atomic E-state index is 0.